The van der Waals surface area contributed by atoms with Crippen molar-refractivity contribution in [1.29, 1.82) is 0 Å². The van der Waals surface area contributed by atoms with Crippen molar-refractivity contribution in [1.82, 2.24) is 14.9 Å². The van der Waals surface area contributed by atoms with Crippen LogP contribution < -0.4 is 9.47 Å². The topological polar surface area (TPSA) is 67.5 Å². The first kappa shape index (κ1) is 18.3. The van der Waals surface area contributed by atoms with Gasteiger partial charge in [-0.3, -0.25) is 4.79 Å². The number of amides is 1. The molecule has 1 saturated heterocycles. The second-order valence-corrected chi connectivity index (χ2v) is 6.82. The van der Waals surface area contributed by atoms with E-state index in [9.17, 15) is 4.79 Å². The third-order valence-electron chi connectivity index (χ3n) is 5.03. The maximum Gasteiger partial charge on any atom is 0.254 e. The number of aromatic nitrogens is 2. The van der Waals surface area contributed by atoms with Crippen LogP contribution in [0.3, 0.4) is 0 Å². The second-order valence-electron chi connectivity index (χ2n) is 6.82. The van der Waals surface area contributed by atoms with Gasteiger partial charge in [0.15, 0.2) is 11.5 Å². The first-order chi connectivity index (χ1) is 13.7. The first-order valence-corrected chi connectivity index (χ1v) is 9.86. The van der Waals surface area contributed by atoms with Gasteiger partial charge in [-0.25, -0.2) is 4.98 Å². The van der Waals surface area contributed by atoms with E-state index < -0.39 is 0 Å². The van der Waals surface area contributed by atoms with Crippen molar-refractivity contribution in [3.05, 3.63) is 53.9 Å². The van der Waals surface area contributed by atoms with E-state index in [4.69, 9.17) is 14.5 Å². The van der Waals surface area contributed by atoms with Crippen molar-refractivity contribution < 1.29 is 14.3 Å². The van der Waals surface area contributed by atoms with Gasteiger partial charge in [0.1, 0.15) is 5.82 Å². The van der Waals surface area contributed by atoms with Crippen LogP contribution in [0.2, 0.25) is 0 Å². The van der Waals surface area contributed by atoms with Crippen LogP contribution in [-0.2, 0) is 0 Å². The summed E-state index contributed by atoms with van der Waals surface area (Å²) >= 11 is 0. The number of hydrogen-bond acceptors (Lipinski definition) is 4. The van der Waals surface area contributed by atoms with Crippen LogP contribution in [0.1, 0.15) is 48.9 Å². The molecule has 1 N–H and O–H groups in total. The Morgan fingerprint density at radius 2 is 1.93 bits per heavy atom. The number of carbonyl (C=O) groups is 1. The normalized spacial score (nSPS) is 16.5. The number of H-pyrrole nitrogens is 1. The predicted octanol–water partition coefficient (Wildman–Crippen LogP) is 4.34. The minimum Gasteiger partial charge on any atom is -0.490 e. The number of ether oxygens (including phenoxy) is 2. The van der Waals surface area contributed by atoms with Crippen LogP contribution in [0.15, 0.2) is 42.5 Å². The third-order valence-corrected chi connectivity index (χ3v) is 5.03. The lowest BCUT2D eigenvalue weighted by atomic mass is 10.1. The molecule has 6 heteroatoms. The van der Waals surface area contributed by atoms with Gasteiger partial charge in [-0.2, -0.15) is 0 Å². The average Bonchev–Trinajstić information content (AvgIpc) is 3.35. The number of imidazole rings is 1. The summed E-state index contributed by atoms with van der Waals surface area (Å²) in [4.78, 5) is 23.3. The Bertz CT molecular complexity index is 949. The van der Waals surface area contributed by atoms with E-state index in [0.29, 0.717) is 30.3 Å². The summed E-state index contributed by atoms with van der Waals surface area (Å²) in [5.41, 5.74) is 2.53. The van der Waals surface area contributed by atoms with Gasteiger partial charge in [0.05, 0.1) is 30.3 Å². The molecule has 0 bridgehead atoms. The quantitative estimate of drug-likeness (QED) is 0.692. The van der Waals surface area contributed by atoms with E-state index in [0.717, 1.165) is 36.2 Å². The molecular weight excluding hydrogens is 354 g/mol. The highest BCUT2D eigenvalue weighted by Gasteiger charge is 2.33. The molecule has 1 unspecified atom stereocenters. The summed E-state index contributed by atoms with van der Waals surface area (Å²) < 4.78 is 11.3. The molecule has 1 aliphatic rings. The van der Waals surface area contributed by atoms with Gasteiger partial charge in [-0.05, 0) is 57.0 Å². The molecule has 0 spiro atoms. The van der Waals surface area contributed by atoms with E-state index in [1.165, 1.54) is 0 Å². The number of para-hydroxylation sites is 2. The SMILES string of the molecule is CCOc1ccc(C(=O)N2CCCC2c2nc3ccccc3[nH]2)cc1OCC. The van der Waals surface area contributed by atoms with E-state index >= 15 is 0 Å². The molecule has 0 radical (unpaired) electrons. The van der Waals surface area contributed by atoms with Gasteiger partial charge in [-0.15, -0.1) is 0 Å². The summed E-state index contributed by atoms with van der Waals surface area (Å²) in [6.45, 7) is 5.63. The molecule has 1 fully saturated rings. The molecule has 0 saturated carbocycles. The summed E-state index contributed by atoms with van der Waals surface area (Å²) in [5.74, 6) is 2.11. The molecule has 0 aliphatic carbocycles. The van der Waals surface area contributed by atoms with Crippen molar-refractivity contribution in [2.75, 3.05) is 19.8 Å². The van der Waals surface area contributed by atoms with Gasteiger partial charge in [0.25, 0.3) is 5.91 Å². The maximum atomic E-state index is 13.3. The molecule has 3 aromatic rings. The number of rotatable bonds is 6. The average molecular weight is 379 g/mol. The number of likely N-dealkylation sites (tertiary alicyclic amines) is 1. The number of nitrogens with zero attached hydrogens (tertiary/aromatic N) is 2. The smallest absolute Gasteiger partial charge is 0.254 e. The number of fused-ring (bicyclic) bond motifs is 1. The minimum absolute atomic E-state index is 0.00745. The highest BCUT2D eigenvalue weighted by molar-refractivity contribution is 5.95. The van der Waals surface area contributed by atoms with Gasteiger partial charge in [0.2, 0.25) is 0 Å². The fraction of sp³-hybridized carbons (Fsp3) is 0.364. The summed E-state index contributed by atoms with van der Waals surface area (Å²) in [7, 11) is 0. The first-order valence-electron chi connectivity index (χ1n) is 9.86. The Morgan fingerprint density at radius 1 is 1.14 bits per heavy atom. The van der Waals surface area contributed by atoms with Crippen LogP contribution in [0.25, 0.3) is 11.0 Å². The van der Waals surface area contributed by atoms with Gasteiger partial charge < -0.3 is 19.4 Å². The Balaban J connectivity index is 1.62. The molecule has 2 heterocycles. The number of aromatic amines is 1. The molecule has 146 valence electrons. The summed E-state index contributed by atoms with van der Waals surface area (Å²) in [6, 6.07) is 13.3. The zero-order valence-corrected chi connectivity index (χ0v) is 16.3. The number of hydrogen-bond donors (Lipinski definition) is 1. The van der Waals surface area contributed by atoms with Crippen LogP contribution in [-0.4, -0.2) is 40.5 Å². The maximum absolute atomic E-state index is 13.3. The Kier molecular flexibility index (Phi) is 5.19. The van der Waals surface area contributed by atoms with E-state index in [-0.39, 0.29) is 11.9 Å². The lowest BCUT2D eigenvalue weighted by Crippen LogP contribution is -2.31. The van der Waals surface area contributed by atoms with Crippen molar-refractivity contribution in [3.8, 4) is 11.5 Å². The van der Waals surface area contributed by atoms with Crippen LogP contribution in [0, 0.1) is 0 Å². The molecule has 1 aromatic heterocycles. The predicted molar refractivity (Wildman–Crippen MR) is 108 cm³/mol. The van der Waals surface area contributed by atoms with Crippen LogP contribution in [0.5, 0.6) is 11.5 Å². The fourth-order valence-electron chi connectivity index (χ4n) is 3.77. The summed E-state index contributed by atoms with van der Waals surface area (Å²) in [6.07, 6.45) is 1.86. The molecule has 4 rings (SSSR count). The largest absolute Gasteiger partial charge is 0.490 e. The van der Waals surface area contributed by atoms with E-state index in [1.807, 2.05) is 55.1 Å². The lowest BCUT2D eigenvalue weighted by Gasteiger charge is -2.23. The highest BCUT2D eigenvalue weighted by Crippen LogP contribution is 2.34. The molecule has 1 atom stereocenters. The molecule has 2 aromatic carbocycles. The highest BCUT2D eigenvalue weighted by atomic mass is 16.5. The van der Waals surface area contributed by atoms with Crippen molar-refractivity contribution in [3.63, 3.8) is 0 Å². The van der Waals surface area contributed by atoms with E-state index in [1.54, 1.807) is 6.07 Å². The van der Waals surface area contributed by atoms with Crippen LogP contribution >= 0.6 is 0 Å². The Morgan fingerprint density at radius 3 is 2.71 bits per heavy atom. The van der Waals surface area contributed by atoms with Crippen molar-refractivity contribution in [2.24, 2.45) is 0 Å². The zero-order valence-electron chi connectivity index (χ0n) is 16.3. The standard InChI is InChI=1S/C22H25N3O3/c1-3-27-19-12-11-15(14-20(19)28-4-2)22(26)25-13-7-10-18(25)21-23-16-8-5-6-9-17(16)24-21/h5-6,8-9,11-12,14,18H,3-4,7,10,13H2,1-2H3,(H,23,24). The lowest BCUT2D eigenvalue weighted by molar-refractivity contribution is 0.0730. The van der Waals surface area contributed by atoms with Crippen molar-refractivity contribution >= 4 is 16.9 Å². The monoisotopic (exact) mass is 379 g/mol. The number of carbonyl (C=O) groups excluding carboxylic acids is 1. The van der Waals surface area contributed by atoms with Gasteiger partial charge >= 0.3 is 0 Å². The summed E-state index contributed by atoms with van der Waals surface area (Å²) in [5, 5.41) is 0. The minimum atomic E-state index is -0.0398. The van der Waals surface area contributed by atoms with Crippen molar-refractivity contribution in [2.45, 2.75) is 32.7 Å². The molecule has 6 nitrogen and oxygen atoms in total. The zero-order chi connectivity index (χ0) is 19.5. The third kappa shape index (κ3) is 3.42. The molecule has 1 aliphatic heterocycles. The number of nitrogens with one attached hydrogen (secondary N) is 1. The van der Waals surface area contributed by atoms with E-state index in [2.05, 4.69) is 4.98 Å². The Hall–Kier alpha value is -3.02. The second kappa shape index (κ2) is 7.92. The molecule has 1 amide bonds. The Labute approximate surface area is 164 Å². The fourth-order valence-corrected chi connectivity index (χ4v) is 3.77. The van der Waals surface area contributed by atoms with Gasteiger partial charge in [-0.1, -0.05) is 12.1 Å². The van der Waals surface area contributed by atoms with Gasteiger partial charge in [0, 0.05) is 12.1 Å². The molecule has 28 heavy (non-hydrogen) atoms. The molecular formula is C22H25N3O3. The number of benzene rings is 2. The van der Waals surface area contributed by atoms with Crippen LogP contribution in [0.4, 0.5) is 0 Å².